The number of benzene rings is 1. The normalized spacial score (nSPS) is 17.4. The molecule has 0 saturated carbocycles. The number of tetrazole rings is 1. The lowest BCUT2D eigenvalue weighted by Crippen LogP contribution is -2.48. The molecule has 24 heavy (non-hydrogen) atoms. The van der Waals surface area contributed by atoms with E-state index >= 15 is 0 Å². The van der Waals surface area contributed by atoms with Crippen molar-refractivity contribution in [3.8, 4) is 11.4 Å². The number of piperidine rings is 1. The number of nitrogens with zero attached hydrogens (tertiary/aromatic N) is 5. The number of carbonyl (C=O) groups excluding carboxylic acids is 1. The third kappa shape index (κ3) is 4.10. The van der Waals surface area contributed by atoms with Crippen molar-refractivity contribution in [1.29, 1.82) is 0 Å². The maximum Gasteiger partial charge on any atom is 0.246 e. The van der Waals surface area contributed by atoms with Gasteiger partial charge >= 0.3 is 0 Å². The second-order valence-corrected chi connectivity index (χ2v) is 5.98. The lowest BCUT2D eigenvalue weighted by molar-refractivity contribution is -0.135. The number of hydrogen-bond donors (Lipinski definition) is 1. The minimum atomic E-state index is 0. The van der Waals surface area contributed by atoms with Gasteiger partial charge in [0.05, 0.1) is 0 Å². The van der Waals surface area contributed by atoms with E-state index in [1.165, 1.54) is 10.4 Å². The Morgan fingerprint density at radius 1 is 1.29 bits per heavy atom. The van der Waals surface area contributed by atoms with Crippen molar-refractivity contribution in [1.82, 2.24) is 25.1 Å². The Labute approximate surface area is 147 Å². The van der Waals surface area contributed by atoms with Crippen LogP contribution in [0.15, 0.2) is 24.3 Å². The predicted molar refractivity (Wildman–Crippen MR) is 93.6 cm³/mol. The molecule has 2 aromatic rings. The van der Waals surface area contributed by atoms with Crippen LogP contribution in [0.1, 0.15) is 24.8 Å². The van der Waals surface area contributed by atoms with E-state index in [9.17, 15) is 4.79 Å². The van der Waals surface area contributed by atoms with E-state index in [1.807, 2.05) is 36.1 Å². The number of aromatic nitrogens is 4. The van der Waals surface area contributed by atoms with Crippen LogP contribution in [0, 0.1) is 6.92 Å². The van der Waals surface area contributed by atoms with E-state index in [4.69, 9.17) is 5.73 Å². The second kappa shape index (κ2) is 8.21. The zero-order valence-electron chi connectivity index (χ0n) is 13.8. The van der Waals surface area contributed by atoms with Crippen LogP contribution in [0.5, 0.6) is 0 Å². The van der Waals surface area contributed by atoms with Crippen molar-refractivity contribution in [2.24, 2.45) is 5.73 Å². The highest BCUT2D eigenvalue weighted by molar-refractivity contribution is 5.85. The maximum absolute atomic E-state index is 12.5. The molecule has 7 nitrogen and oxygen atoms in total. The number of rotatable bonds is 4. The van der Waals surface area contributed by atoms with Gasteiger partial charge in [-0.05, 0) is 31.4 Å². The van der Waals surface area contributed by atoms with E-state index in [0.29, 0.717) is 12.4 Å². The van der Waals surface area contributed by atoms with Gasteiger partial charge in [0, 0.05) is 24.7 Å². The molecule has 0 radical (unpaired) electrons. The molecule has 1 aliphatic rings. The minimum absolute atomic E-state index is 0. The quantitative estimate of drug-likeness (QED) is 0.900. The Kier molecular flexibility index (Phi) is 6.28. The first-order chi connectivity index (χ1) is 11.2. The third-order valence-electron chi connectivity index (χ3n) is 4.26. The molecule has 1 aromatic carbocycles. The van der Waals surface area contributed by atoms with Gasteiger partial charge in [-0.3, -0.25) is 4.79 Å². The van der Waals surface area contributed by atoms with Gasteiger partial charge in [0.2, 0.25) is 11.7 Å². The molecule has 1 unspecified atom stereocenters. The highest BCUT2D eigenvalue weighted by Gasteiger charge is 2.26. The van der Waals surface area contributed by atoms with Crippen LogP contribution in [-0.4, -0.2) is 50.1 Å². The second-order valence-electron chi connectivity index (χ2n) is 5.98. The standard InChI is InChI=1S/C16H22N6O.ClH/c1-12-5-7-13(8-6-12)16-18-20-22(19-16)11-15(23)21-9-3-2-4-14(21)10-17;/h5-8,14H,2-4,9-11,17H2,1H3;1H. The zero-order valence-corrected chi connectivity index (χ0v) is 14.6. The summed E-state index contributed by atoms with van der Waals surface area (Å²) < 4.78 is 0. The first-order valence-corrected chi connectivity index (χ1v) is 8.02. The Balaban J connectivity index is 0.00000208. The predicted octanol–water partition coefficient (Wildman–Crippen LogP) is 1.41. The summed E-state index contributed by atoms with van der Waals surface area (Å²) in [5, 5.41) is 12.3. The summed E-state index contributed by atoms with van der Waals surface area (Å²) >= 11 is 0. The summed E-state index contributed by atoms with van der Waals surface area (Å²) in [5.74, 6) is 0.542. The molecule has 0 bridgehead atoms. The van der Waals surface area contributed by atoms with Crippen LogP contribution in [-0.2, 0) is 11.3 Å². The number of carbonyl (C=O) groups is 1. The molecule has 8 heteroatoms. The number of likely N-dealkylation sites (tertiary alicyclic amines) is 1. The third-order valence-corrected chi connectivity index (χ3v) is 4.26. The number of amides is 1. The van der Waals surface area contributed by atoms with Crippen molar-refractivity contribution in [2.45, 2.75) is 38.8 Å². The van der Waals surface area contributed by atoms with Gasteiger partial charge in [0.25, 0.3) is 0 Å². The molecular formula is C16H23ClN6O. The van der Waals surface area contributed by atoms with Gasteiger partial charge in [-0.2, -0.15) is 4.80 Å². The van der Waals surface area contributed by atoms with Crippen LogP contribution in [0.3, 0.4) is 0 Å². The molecule has 2 heterocycles. The Morgan fingerprint density at radius 2 is 2.04 bits per heavy atom. The van der Waals surface area contributed by atoms with Gasteiger partial charge in [0.1, 0.15) is 6.54 Å². The Hall–Kier alpha value is -1.99. The summed E-state index contributed by atoms with van der Waals surface area (Å²) in [4.78, 5) is 15.7. The topological polar surface area (TPSA) is 89.9 Å². The van der Waals surface area contributed by atoms with Crippen molar-refractivity contribution >= 4 is 18.3 Å². The fourth-order valence-electron chi connectivity index (χ4n) is 2.91. The lowest BCUT2D eigenvalue weighted by Gasteiger charge is -2.34. The lowest BCUT2D eigenvalue weighted by atomic mass is 10.0. The van der Waals surface area contributed by atoms with Crippen molar-refractivity contribution < 1.29 is 4.79 Å². The van der Waals surface area contributed by atoms with Crippen molar-refractivity contribution in [2.75, 3.05) is 13.1 Å². The fourth-order valence-corrected chi connectivity index (χ4v) is 2.91. The van der Waals surface area contributed by atoms with E-state index in [-0.39, 0.29) is 30.9 Å². The molecule has 1 atom stereocenters. The first-order valence-electron chi connectivity index (χ1n) is 8.02. The Morgan fingerprint density at radius 3 is 2.75 bits per heavy atom. The number of nitrogens with two attached hydrogens (primary N) is 1. The fraction of sp³-hybridized carbons (Fsp3) is 0.500. The summed E-state index contributed by atoms with van der Waals surface area (Å²) in [6, 6.07) is 8.04. The van der Waals surface area contributed by atoms with Gasteiger partial charge in [-0.1, -0.05) is 29.8 Å². The largest absolute Gasteiger partial charge is 0.337 e. The van der Waals surface area contributed by atoms with Gasteiger partial charge < -0.3 is 10.6 Å². The van der Waals surface area contributed by atoms with Crippen LogP contribution >= 0.6 is 12.4 Å². The molecule has 1 aliphatic heterocycles. The van der Waals surface area contributed by atoms with Crippen molar-refractivity contribution in [3.05, 3.63) is 29.8 Å². The van der Waals surface area contributed by atoms with Gasteiger partial charge in [0.15, 0.2) is 0 Å². The molecular weight excluding hydrogens is 328 g/mol. The molecule has 3 rings (SSSR count). The van der Waals surface area contributed by atoms with E-state index in [2.05, 4.69) is 15.4 Å². The molecule has 1 aromatic heterocycles. The van der Waals surface area contributed by atoms with Crippen LogP contribution in [0.2, 0.25) is 0 Å². The minimum Gasteiger partial charge on any atom is -0.337 e. The van der Waals surface area contributed by atoms with E-state index in [1.54, 1.807) is 0 Å². The van der Waals surface area contributed by atoms with Gasteiger partial charge in [-0.25, -0.2) is 0 Å². The summed E-state index contributed by atoms with van der Waals surface area (Å²) in [5.41, 5.74) is 7.84. The first kappa shape index (κ1) is 18.4. The number of halogens is 1. The number of aryl methyl sites for hydroxylation is 1. The summed E-state index contributed by atoms with van der Waals surface area (Å²) in [6.45, 7) is 3.40. The molecule has 130 valence electrons. The highest BCUT2D eigenvalue weighted by atomic mass is 35.5. The molecule has 1 fully saturated rings. The molecule has 1 saturated heterocycles. The Bertz CT molecular complexity index is 671. The van der Waals surface area contributed by atoms with E-state index < -0.39 is 0 Å². The van der Waals surface area contributed by atoms with Gasteiger partial charge in [-0.15, -0.1) is 22.6 Å². The van der Waals surface area contributed by atoms with Crippen molar-refractivity contribution in [3.63, 3.8) is 0 Å². The average molecular weight is 351 g/mol. The maximum atomic E-state index is 12.5. The van der Waals surface area contributed by atoms with Crippen LogP contribution in [0.25, 0.3) is 11.4 Å². The average Bonchev–Trinajstić information content (AvgIpc) is 3.04. The van der Waals surface area contributed by atoms with Crippen LogP contribution in [0.4, 0.5) is 0 Å². The molecule has 2 N–H and O–H groups in total. The summed E-state index contributed by atoms with van der Waals surface area (Å²) in [6.07, 6.45) is 3.13. The zero-order chi connectivity index (χ0) is 16.2. The molecule has 0 spiro atoms. The monoisotopic (exact) mass is 350 g/mol. The van der Waals surface area contributed by atoms with Crippen LogP contribution < -0.4 is 5.73 Å². The number of hydrogen-bond acceptors (Lipinski definition) is 5. The SMILES string of the molecule is Cc1ccc(-c2nnn(CC(=O)N3CCCCC3CN)n2)cc1.Cl. The summed E-state index contributed by atoms with van der Waals surface area (Å²) in [7, 11) is 0. The smallest absolute Gasteiger partial charge is 0.246 e. The van der Waals surface area contributed by atoms with E-state index in [0.717, 1.165) is 31.4 Å². The highest BCUT2D eigenvalue weighted by Crippen LogP contribution is 2.17. The molecule has 0 aliphatic carbocycles. The molecule has 1 amide bonds.